The number of rotatable bonds is 6. The molecule has 0 fully saturated rings. The Morgan fingerprint density at radius 2 is 1.90 bits per heavy atom. The van der Waals surface area contributed by atoms with Gasteiger partial charge in [0.1, 0.15) is 18.1 Å². The molecule has 0 aliphatic rings. The van der Waals surface area contributed by atoms with Gasteiger partial charge in [-0.3, -0.25) is 4.79 Å². The number of likely N-dealkylation sites (N-methyl/N-ethyl adjacent to an activating group) is 1. The second-order valence-electron chi connectivity index (χ2n) is 4.36. The molecule has 0 radical (unpaired) electrons. The van der Waals surface area contributed by atoms with Crippen LogP contribution in [0.25, 0.3) is 0 Å². The van der Waals surface area contributed by atoms with Crippen molar-refractivity contribution in [3.8, 4) is 11.5 Å². The largest absolute Gasteiger partial charge is 0.497 e. The lowest BCUT2D eigenvalue weighted by molar-refractivity contribution is 0.0773. The van der Waals surface area contributed by atoms with Gasteiger partial charge in [-0.05, 0) is 41.9 Å². The number of furan rings is 1. The summed E-state index contributed by atoms with van der Waals surface area (Å²) in [6, 6.07) is 8.80. The van der Waals surface area contributed by atoms with Gasteiger partial charge in [-0.25, -0.2) is 0 Å². The van der Waals surface area contributed by atoms with Gasteiger partial charge in [0, 0.05) is 7.05 Å². The van der Waals surface area contributed by atoms with E-state index >= 15 is 0 Å². The molecule has 0 unspecified atom stereocenters. The predicted molar refractivity (Wildman–Crippen MR) is 79.2 cm³/mol. The SMILES string of the molecule is COc1ccc(OCCN(C)C(=O)c2ccoc2Cl)cc1. The molecule has 6 heteroatoms. The third-order valence-corrected chi connectivity index (χ3v) is 3.24. The smallest absolute Gasteiger partial charge is 0.258 e. The Bertz CT molecular complexity index is 594. The van der Waals surface area contributed by atoms with E-state index in [4.69, 9.17) is 25.5 Å². The average molecular weight is 310 g/mol. The zero-order valence-corrected chi connectivity index (χ0v) is 12.6. The molecule has 1 aromatic heterocycles. The Labute approximate surface area is 128 Å². The fourth-order valence-electron chi connectivity index (χ4n) is 1.73. The van der Waals surface area contributed by atoms with Crippen LogP contribution in [0.1, 0.15) is 10.4 Å². The summed E-state index contributed by atoms with van der Waals surface area (Å²) >= 11 is 5.78. The molecule has 1 heterocycles. The summed E-state index contributed by atoms with van der Waals surface area (Å²) in [6.07, 6.45) is 1.39. The molecule has 112 valence electrons. The molecule has 2 aromatic rings. The van der Waals surface area contributed by atoms with Gasteiger partial charge in [0.25, 0.3) is 5.91 Å². The van der Waals surface area contributed by atoms with Gasteiger partial charge in [0.15, 0.2) is 0 Å². The van der Waals surface area contributed by atoms with E-state index < -0.39 is 0 Å². The molecule has 1 aromatic carbocycles. The number of methoxy groups -OCH3 is 1. The Morgan fingerprint density at radius 3 is 2.48 bits per heavy atom. The summed E-state index contributed by atoms with van der Waals surface area (Å²) in [5.74, 6) is 1.29. The van der Waals surface area contributed by atoms with Gasteiger partial charge in [-0.2, -0.15) is 0 Å². The van der Waals surface area contributed by atoms with Crippen LogP contribution in [0, 0.1) is 0 Å². The van der Waals surface area contributed by atoms with Crippen molar-refractivity contribution in [3.05, 3.63) is 47.4 Å². The first-order valence-corrected chi connectivity index (χ1v) is 6.75. The second-order valence-corrected chi connectivity index (χ2v) is 4.70. The van der Waals surface area contributed by atoms with Gasteiger partial charge in [0.2, 0.25) is 5.22 Å². The maximum atomic E-state index is 12.1. The summed E-state index contributed by atoms with van der Waals surface area (Å²) in [6.45, 7) is 0.816. The molecule has 0 bridgehead atoms. The van der Waals surface area contributed by atoms with Crippen molar-refractivity contribution in [3.63, 3.8) is 0 Å². The number of amides is 1. The van der Waals surface area contributed by atoms with Gasteiger partial charge < -0.3 is 18.8 Å². The minimum Gasteiger partial charge on any atom is -0.497 e. The molecule has 0 spiro atoms. The van der Waals surface area contributed by atoms with Crippen molar-refractivity contribution in [2.45, 2.75) is 0 Å². The minimum absolute atomic E-state index is 0.0999. The third kappa shape index (κ3) is 3.92. The van der Waals surface area contributed by atoms with E-state index in [1.807, 2.05) is 24.3 Å². The minimum atomic E-state index is -0.202. The standard InChI is InChI=1S/C15H16ClNO4/c1-17(15(18)13-7-9-21-14(13)16)8-10-20-12-5-3-11(19-2)4-6-12/h3-7,9H,8,10H2,1-2H3. The average Bonchev–Trinajstić information content (AvgIpc) is 2.93. The molecule has 0 aliphatic heterocycles. The molecule has 2 rings (SSSR count). The molecule has 21 heavy (non-hydrogen) atoms. The number of hydrogen-bond acceptors (Lipinski definition) is 4. The maximum absolute atomic E-state index is 12.1. The van der Waals surface area contributed by atoms with Crippen molar-refractivity contribution in [2.24, 2.45) is 0 Å². The molecule has 5 nitrogen and oxygen atoms in total. The molecular formula is C15H16ClNO4. The zero-order chi connectivity index (χ0) is 15.2. The lowest BCUT2D eigenvalue weighted by Gasteiger charge is -2.17. The van der Waals surface area contributed by atoms with E-state index in [1.54, 1.807) is 20.2 Å². The van der Waals surface area contributed by atoms with E-state index in [0.717, 1.165) is 11.5 Å². The number of halogens is 1. The number of carbonyl (C=O) groups excluding carboxylic acids is 1. The highest BCUT2D eigenvalue weighted by Crippen LogP contribution is 2.19. The third-order valence-electron chi connectivity index (χ3n) is 2.95. The predicted octanol–water partition coefficient (Wildman–Crippen LogP) is 3.09. The molecule has 0 N–H and O–H groups in total. The Hall–Kier alpha value is -2.14. The second kappa shape index (κ2) is 7.04. The summed E-state index contributed by atoms with van der Waals surface area (Å²) in [7, 11) is 3.29. The van der Waals surface area contributed by atoms with Crippen molar-refractivity contribution < 1.29 is 18.7 Å². The number of carbonyl (C=O) groups is 1. The maximum Gasteiger partial charge on any atom is 0.258 e. The van der Waals surface area contributed by atoms with Crippen molar-refractivity contribution in [1.82, 2.24) is 4.90 Å². The van der Waals surface area contributed by atoms with E-state index in [2.05, 4.69) is 0 Å². The van der Waals surface area contributed by atoms with Crippen molar-refractivity contribution >= 4 is 17.5 Å². The summed E-state index contributed by atoms with van der Waals surface area (Å²) in [4.78, 5) is 13.6. The molecular weight excluding hydrogens is 294 g/mol. The quantitative estimate of drug-likeness (QED) is 0.823. The van der Waals surface area contributed by atoms with Crippen LogP contribution in [0.5, 0.6) is 11.5 Å². The topological polar surface area (TPSA) is 51.9 Å². The Balaban J connectivity index is 1.82. The first kappa shape index (κ1) is 15.3. The lowest BCUT2D eigenvalue weighted by Crippen LogP contribution is -2.30. The summed E-state index contributed by atoms with van der Waals surface area (Å²) < 4.78 is 15.5. The number of ether oxygens (including phenoxy) is 2. The number of hydrogen-bond donors (Lipinski definition) is 0. The van der Waals surface area contributed by atoms with E-state index in [-0.39, 0.29) is 11.1 Å². The summed E-state index contributed by atoms with van der Waals surface area (Å²) in [5, 5.41) is 0.0999. The fraction of sp³-hybridized carbons (Fsp3) is 0.267. The van der Waals surface area contributed by atoms with E-state index in [9.17, 15) is 4.79 Å². The van der Waals surface area contributed by atoms with E-state index in [1.165, 1.54) is 11.2 Å². The van der Waals surface area contributed by atoms with E-state index in [0.29, 0.717) is 18.7 Å². The van der Waals surface area contributed by atoms with Crippen LogP contribution in [0.2, 0.25) is 5.22 Å². The van der Waals surface area contributed by atoms with Crippen LogP contribution in [-0.4, -0.2) is 38.1 Å². The highest BCUT2D eigenvalue weighted by molar-refractivity contribution is 6.32. The Kier molecular flexibility index (Phi) is 5.11. The van der Waals surface area contributed by atoms with Crippen LogP contribution in [0.3, 0.4) is 0 Å². The Morgan fingerprint density at radius 1 is 1.24 bits per heavy atom. The number of nitrogens with zero attached hydrogens (tertiary/aromatic N) is 1. The van der Waals surface area contributed by atoms with Gasteiger partial charge in [0.05, 0.1) is 25.5 Å². The monoisotopic (exact) mass is 309 g/mol. The van der Waals surface area contributed by atoms with Gasteiger partial charge >= 0.3 is 0 Å². The van der Waals surface area contributed by atoms with Crippen molar-refractivity contribution in [2.75, 3.05) is 27.3 Å². The summed E-state index contributed by atoms with van der Waals surface area (Å²) in [5.41, 5.74) is 0.351. The molecule has 0 saturated heterocycles. The van der Waals surface area contributed by atoms with Gasteiger partial charge in [-0.15, -0.1) is 0 Å². The van der Waals surface area contributed by atoms with Crippen LogP contribution in [-0.2, 0) is 0 Å². The van der Waals surface area contributed by atoms with Crippen LogP contribution < -0.4 is 9.47 Å². The highest BCUT2D eigenvalue weighted by atomic mass is 35.5. The zero-order valence-electron chi connectivity index (χ0n) is 11.8. The fourth-order valence-corrected chi connectivity index (χ4v) is 1.92. The van der Waals surface area contributed by atoms with Crippen LogP contribution in [0.15, 0.2) is 41.0 Å². The normalized spacial score (nSPS) is 10.2. The van der Waals surface area contributed by atoms with Crippen molar-refractivity contribution in [1.29, 1.82) is 0 Å². The molecule has 0 aliphatic carbocycles. The van der Waals surface area contributed by atoms with Crippen LogP contribution >= 0.6 is 11.6 Å². The lowest BCUT2D eigenvalue weighted by atomic mass is 10.3. The number of benzene rings is 1. The molecule has 0 atom stereocenters. The first-order valence-electron chi connectivity index (χ1n) is 6.37. The van der Waals surface area contributed by atoms with Crippen LogP contribution in [0.4, 0.5) is 0 Å². The molecule has 0 saturated carbocycles. The highest BCUT2D eigenvalue weighted by Gasteiger charge is 2.17. The molecule has 1 amide bonds. The first-order chi connectivity index (χ1) is 10.1. The van der Waals surface area contributed by atoms with Gasteiger partial charge in [-0.1, -0.05) is 0 Å².